The summed E-state index contributed by atoms with van der Waals surface area (Å²) in [5.41, 5.74) is 0.905. The van der Waals surface area contributed by atoms with Crippen LogP contribution in [0.2, 0.25) is 0 Å². The van der Waals surface area contributed by atoms with Gasteiger partial charge in [-0.2, -0.15) is 0 Å². The number of carbonyl (C=O) groups is 1. The normalized spacial score (nSPS) is 12.4. The van der Waals surface area contributed by atoms with Crippen LogP contribution in [0.25, 0.3) is 0 Å². The first-order chi connectivity index (χ1) is 7.69. The molecule has 1 aromatic rings. The molecule has 1 atom stereocenters. The molecule has 0 fully saturated rings. The van der Waals surface area contributed by atoms with Crippen LogP contribution < -0.4 is 5.32 Å². The maximum Gasteiger partial charge on any atom is 0.330 e. The fourth-order valence-corrected chi connectivity index (χ4v) is 2.06. The van der Waals surface area contributed by atoms with Gasteiger partial charge >= 0.3 is 5.97 Å². The van der Waals surface area contributed by atoms with Crippen LogP contribution in [0, 0.1) is 6.92 Å². The highest BCUT2D eigenvalue weighted by Gasteiger charge is 2.23. The summed E-state index contributed by atoms with van der Waals surface area (Å²) in [6.07, 6.45) is 0. The van der Waals surface area contributed by atoms with E-state index >= 15 is 0 Å². The van der Waals surface area contributed by atoms with Crippen molar-refractivity contribution < 1.29 is 14.3 Å². The van der Waals surface area contributed by atoms with E-state index in [2.05, 4.69) is 10.3 Å². The third-order valence-electron chi connectivity index (χ3n) is 1.98. The van der Waals surface area contributed by atoms with Gasteiger partial charge in [-0.15, -0.1) is 11.3 Å². The number of hydrogen-bond donors (Lipinski definition) is 1. The minimum absolute atomic E-state index is 0.328. The van der Waals surface area contributed by atoms with Crippen LogP contribution >= 0.6 is 11.3 Å². The lowest BCUT2D eigenvalue weighted by Gasteiger charge is -2.13. The van der Waals surface area contributed by atoms with Crippen LogP contribution in [0.3, 0.4) is 0 Å². The molecule has 0 aliphatic carbocycles. The monoisotopic (exact) mass is 244 g/mol. The topological polar surface area (TPSA) is 60.5 Å². The molecule has 1 N–H and O–H groups in total. The Bertz CT molecular complexity index is 341. The van der Waals surface area contributed by atoms with Crippen molar-refractivity contribution in [3.8, 4) is 0 Å². The molecular formula is C10H16N2O3S. The van der Waals surface area contributed by atoms with E-state index in [1.165, 1.54) is 18.4 Å². The van der Waals surface area contributed by atoms with E-state index in [-0.39, 0.29) is 5.97 Å². The first-order valence-corrected chi connectivity index (χ1v) is 5.79. The molecule has 16 heavy (non-hydrogen) atoms. The SMILES string of the molecule is COCCNC(C(=O)OC)c1nc(C)cs1. The number of carbonyl (C=O) groups excluding carboxylic acids is 1. The molecule has 0 bridgehead atoms. The molecule has 0 amide bonds. The van der Waals surface area contributed by atoms with Gasteiger partial charge in [-0.25, -0.2) is 9.78 Å². The third-order valence-corrected chi connectivity index (χ3v) is 3.00. The van der Waals surface area contributed by atoms with Crippen LogP contribution in [-0.4, -0.2) is 38.3 Å². The predicted molar refractivity (Wildman–Crippen MR) is 61.5 cm³/mol. The fourth-order valence-electron chi connectivity index (χ4n) is 1.20. The summed E-state index contributed by atoms with van der Waals surface area (Å²) >= 11 is 1.44. The second-order valence-electron chi connectivity index (χ2n) is 3.23. The molecule has 5 nitrogen and oxygen atoms in total. The first kappa shape index (κ1) is 13.1. The Hall–Kier alpha value is -0.980. The predicted octanol–water partition coefficient (Wildman–Crippen LogP) is 0.902. The zero-order valence-electron chi connectivity index (χ0n) is 9.65. The van der Waals surface area contributed by atoms with Gasteiger partial charge in [0.05, 0.1) is 13.7 Å². The maximum atomic E-state index is 11.6. The van der Waals surface area contributed by atoms with Crippen LogP contribution in [-0.2, 0) is 14.3 Å². The number of thiazole rings is 1. The van der Waals surface area contributed by atoms with E-state index in [0.29, 0.717) is 13.2 Å². The molecule has 0 aliphatic heterocycles. The lowest BCUT2D eigenvalue weighted by Crippen LogP contribution is -2.31. The average molecular weight is 244 g/mol. The minimum atomic E-state index is -0.501. The quantitative estimate of drug-likeness (QED) is 0.595. The summed E-state index contributed by atoms with van der Waals surface area (Å²) in [6.45, 7) is 3.01. The lowest BCUT2D eigenvalue weighted by molar-refractivity contribution is -0.143. The van der Waals surface area contributed by atoms with E-state index in [9.17, 15) is 4.79 Å². The Kier molecular flexibility index (Phi) is 5.37. The van der Waals surface area contributed by atoms with E-state index in [4.69, 9.17) is 9.47 Å². The number of nitrogens with one attached hydrogen (secondary N) is 1. The summed E-state index contributed by atoms with van der Waals surface area (Å²) in [6, 6.07) is -0.501. The van der Waals surface area contributed by atoms with Crippen molar-refractivity contribution in [2.75, 3.05) is 27.4 Å². The molecule has 6 heteroatoms. The van der Waals surface area contributed by atoms with Crippen molar-refractivity contribution in [2.45, 2.75) is 13.0 Å². The number of esters is 1. The zero-order valence-corrected chi connectivity index (χ0v) is 10.5. The highest BCUT2D eigenvalue weighted by Crippen LogP contribution is 2.18. The van der Waals surface area contributed by atoms with Gasteiger partial charge in [-0.05, 0) is 6.92 Å². The summed E-state index contributed by atoms with van der Waals surface area (Å²) in [7, 11) is 2.98. The van der Waals surface area contributed by atoms with Crippen molar-refractivity contribution in [1.29, 1.82) is 0 Å². The molecular weight excluding hydrogens is 228 g/mol. The molecule has 0 saturated heterocycles. The van der Waals surface area contributed by atoms with Gasteiger partial charge in [0.15, 0.2) is 6.04 Å². The standard InChI is InChI=1S/C10H16N2O3S/c1-7-6-16-9(12-7)8(10(13)15-3)11-4-5-14-2/h6,8,11H,4-5H2,1-3H3. The van der Waals surface area contributed by atoms with Gasteiger partial charge in [0, 0.05) is 24.7 Å². The number of rotatable bonds is 6. The Morgan fingerprint density at radius 1 is 1.62 bits per heavy atom. The minimum Gasteiger partial charge on any atom is -0.468 e. The van der Waals surface area contributed by atoms with Crippen LogP contribution in [0.15, 0.2) is 5.38 Å². The van der Waals surface area contributed by atoms with Gasteiger partial charge in [0.2, 0.25) is 0 Å². The highest BCUT2D eigenvalue weighted by atomic mass is 32.1. The fraction of sp³-hybridized carbons (Fsp3) is 0.600. The summed E-state index contributed by atoms with van der Waals surface area (Å²) in [5, 5.41) is 5.68. The Morgan fingerprint density at radius 3 is 2.88 bits per heavy atom. The maximum absolute atomic E-state index is 11.6. The molecule has 0 spiro atoms. The smallest absolute Gasteiger partial charge is 0.330 e. The third kappa shape index (κ3) is 3.55. The molecule has 0 aliphatic rings. The van der Waals surface area contributed by atoms with E-state index in [1.54, 1.807) is 7.11 Å². The van der Waals surface area contributed by atoms with Gasteiger partial charge in [0.25, 0.3) is 0 Å². The largest absolute Gasteiger partial charge is 0.468 e. The van der Waals surface area contributed by atoms with Gasteiger partial charge in [0.1, 0.15) is 5.01 Å². The molecule has 0 saturated carbocycles. The lowest BCUT2D eigenvalue weighted by atomic mass is 10.3. The van der Waals surface area contributed by atoms with Gasteiger partial charge in [-0.3, -0.25) is 5.32 Å². The van der Waals surface area contributed by atoms with Crippen molar-refractivity contribution in [3.05, 3.63) is 16.1 Å². The molecule has 1 aromatic heterocycles. The summed E-state index contributed by atoms with van der Waals surface area (Å²) < 4.78 is 9.65. The van der Waals surface area contributed by atoms with E-state index < -0.39 is 6.04 Å². The number of nitrogens with zero attached hydrogens (tertiary/aromatic N) is 1. The van der Waals surface area contributed by atoms with E-state index in [1.807, 2.05) is 12.3 Å². The second kappa shape index (κ2) is 6.57. The van der Waals surface area contributed by atoms with Crippen molar-refractivity contribution in [1.82, 2.24) is 10.3 Å². The summed E-state index contributed by atoms with van der Waals surface area (Å²) in [5.74, 6) is -0.328. The van der Waals surface area contributed by atoms with Gasteiger partial charge in [-0.1, -0.05) is 0 Å². The molecule has 0 aromatic carbocycles. The van der Waals surface area contributed by atoms with Crippen molar-refractivity contribution >= 4 is 17.3 Å². The van der Waals surface area contributed by atoms with E-state index in [0.717, 1.165) is 10.7 Å². The average Bonchev–Trinajstić information content (AvgIpc) is 2.70. The molecule has 1 heterocycles. The molecule has 0 radical (unpaired) electrons. The van der Waals surface area contributed by atoms with Crippen LogP contribution in [0.1, 0.15) is 16.7 Å². The summed E-state index contributed by atoms with van der Waals surface area (Å²) in [4.78, 5) is 15.8. The molecule has 1 rings (SSSR count). The Labute approximate surface area is 98.8 Å². The number of methoxy groups -OCH3 is 2. The van der Waals surface area contributed by atoms with Crippen LogP contribution in [0.5, 0.6) is 0 Å². The number of ether oxygens (including phenoxy) is 2. The second-order valence-corrected chi connectivity index (χ2v) is 4.12. The Morgan fingerprint density at radius 2 is 2.38 bits per heavy atom. The Balaban J connectivity index is 2.67. The van der Waals surface area contributed by atoms with Crippen molar-refractivity contribution in [3.63, 3.8) is 0 Å². The molecule has 1 unspecified atom stereocenters. The van der Waals surface area contributed by atoms with Crippen molar-refractivity contribution in [2.24, 2.45) is 0 Å². The van der Waals surface area contributed by atoms with Crippen LogP contribution in [0.4, 0.5) is 0 Å². The molecule has 90 valence electrons. The number of hydrogen-bond acceptors (Lipinski definition) is 6. The highest BCUT2D eigenvalue weighted by molar-refractivity contribution is 7.09. The first-order valence-electron chi connectivity index (χ1n) is 4.91. The zero-order chi connectivity index (χ0) is 12.0. The number of aromatic nitrogens is 1. The van der Waals surface area contributed by atoms with Gasteiger partial charge < -0.3 is 9.47 Å². The number of aryl methyl sites for hydroxylation is 1.